The first kappa shape index (κ1) is 18.0. The Morgan fingerprint density at radius 1 is 1.04 bits per heavy atom. The Kier molecular flexibility index (Phi) is 4.66. The molecule has 0 spiro atoms. The van der Waals surface area contributed by atoms with Crippen molar-refractivity contribution in [2.24, 2.45) is 0 Å². The molecule has 0 saturated carbocycles. The number of ketones is 1. The molecule has 0 aromatic heterocycles. The topological polar surface area (TPSA) is 43.9 Å². The first-order valence-electron chi connectivity index (χ1n) is 9.15. The van der Waals surface area contributed by atoms with E-state index in [0.717, 1.165) is 23.8 Å². The molecule has 2 heterocycles. The van der Waals surface area contributed by atoms with Crippen molar-refractivity contribution in [1.82, 2.24) is 4.90 Å². The number of rotatable bonds is 2. The van der Waals surface area contributed by atoms with Crippen LogP contribution in [0.2, 0.25) is 5.02 Å². The number of anilines is 2. The summed E-state index contributed by atoms with van der Waals surface area (Å²) in [5.41, 5.74) is 3.66. The van der Waals surface area contributed by atoms with Crippen LogP contribution >= 0.6 is 11.6 Å². The highest BCUT2D eigenvalue weighted by Crippen LogP contribution is 2.34. The summed E-state index contributed by atoms with van der Waals surface area (Å²) < 4.78 is 0. The molecule has 1 atom stereocenters. The van der Waals surface area contributed by atoms with Gasteiger partial charge in [-0.1, -0.05) is 29.8 Å². The molecule has 2 aliphatic rings. The Morgan fingerprint density at radius 2 is 1.74 bits per heavy atom. The van der Waals surface area contributed by atoms with Gasteiger partial charge in [0.2, 0.25) is 11.7 Å². The number of amides is 1. The van der Waals surface area contributed by atoms with Gasteiger partial charge in [-0.3, -0.25) is 19.4 Å². The summed E-state index contributed by atoms with van der Waals surface area (Å²) in [6.45, 7) is 6.58. The number of carbonyl (C=O) groups excluding carboxylic acids is 2. The Labute approximate surface area is 164 Å². The van der Waals surface area contributed by atoms with Crippen LogP contribution < -0.4 is 9.80 Å². The van der Waals surface area contributed by atoms with E-state index in [2.05, 4.69) is 16.7 Å². The quantitative estimate of drug-likeness (QED) is 0.797. The molecule has 0 radical (unpaired) electrons. The smallest absolute Gasteiger partial charge is 0.225 e. The van der Waals surface area contributed by atoms with Crippen molar-refractivity contribution in [3.8, 4) is 0 Å². The SMILES string of the molecule is CC(=O)N1c2ccccc2C(=O)[C@@H]1N1CCN(c2cc(Cl)ccc2C)CC1. The van der Waals surface area contributed by atoms with Crippen molar-refractivity contribution in [3.63, 3.8) is 0 Å². The fourth-order valence-corrected chi connectivity index (χ4v) is 4.25. The van der Waals surface area contributed by atoms with Crippen LogP contribution in [0, 0.1) is 6.92 Å². The first-order valence-corrected chi connectivity index (χ1v) is 9.53. The third-order valence-electron chi connectivity index (χ3n) is 5.42. The molecule has 6 heteroatoms. The zero-order chi connectivity index (χ0) is 19.1. The Morgan fingerprint density at radius 3 is 2.44 bits per heavy atom. The molecular weight excluding hydrogens is 362 g/mol. The van der Waals surface area contributed by atoms with E-state index in [1.54, 1.807) is 11.0 Å². The van der Waals surface area contributed by atoms with Gasteiger partial charge in [-0.2, -0.15) is 0 Å². The average molecular weight is 384 g/mol. The number of hydrogen-bond donors (Lipinski definition) is 0. The summed E-state index contributed by atoms with van der Waals surface area (Å²) in [5.74, 6) is -0.0976. The number of aryl methyl sites for hydroxylation is 1. The van der Waals surface area contributed by atoms with Gasteiger partial charge in [-0.05, 0) is 36.8 Å². The van der Waals surface area contributed by atoms with Crippen LogP contribution in [0.4, 0.5) is 11.4 Å². The molecular formula is C21H22ClN3O2. The predicted molar refractivity (Wildman–Crippen MR) is 108 cm³/mol. The second-order valence-corrected chi connectivity index (χ2v) is 7.53. The van der Waals surface area contributed by atoms with Crippen LogP contribution in [-0.4, -0.2) is 48.9 Å². The van der Waals surface area contributed by atoms with Crippen molar-refractivity contribution in [2.45, 2.75) is 20.0 Å². The molecule has 4 rings (SSSR count). The summed E-state index contributed by atoms with van der Waals surface area (Å²) in [6, 6.07) is 13.3. The largest absolute Gasteiger partial charge is 0.369 e. The minimum Gasteiger partial charge on any atom is -0.369 e. The summed E-state index contributed by atoms with van der Waals surface area (Å²) in [5, 5.41) is 0.724. The molecule has 27 heavy (non-hydrogen) atoms. The maximum absolute atomic E-state index is 13.0. The van der Waals surface area contributed by atoms with Gasteiger partial charge in [0.1, 0.15) is 0 Å². The molecule has 0 bridgehead atoms. The van der Waals surface area contributed by atoms with Gasteiger partial charge in [0.05, 0.1) is 5.69 Å². The molecule has 2 aromatic rings. The minimum atomic E-state index is -0.539. The third kappa shape index (κ3) is 3.11. The van der Waals surface area contributed by atoms with E-state index in [1.807, 2.05) is 36.4 Å². The lowest BCUT2D eigenvalue weighted by Gasteiger charge is -2.41. The minimum absolute atomic E-state index is 0.00758. The average Bonchev–Trinajstić information content (AvgIpc) is 2.97. The molecule has 1 fully saturated rings. The number of carbonyl (C=O) groups is 2. The Balaban J connectivity index is 1.55. The van der Waals surface area contributed by atoms with Crippen molar-refractivity contribution in [3.05, 3.63) is 58.6 Å². The van der Waals surface area contributed by atoms with E-state index >= 15 is 0 Å². The van der Waals surface area contributed by atoms with Gasteiger partial charge in [0, 0.05) is 49.4 Å². The Hall–Kier alpha value is -2.37. The normalized spacial score (nSPS) is 20.1. The predicted octanol–water partition coefficient (Wildman–Crippen LogP) is 3.35. The number of piperazine rings is 1. The van der Waals surface area contributed by atoms with Crippen LogP contribution in [0.5, 0.6) is 0 Å². The first-order chi connectivity index (χ1) is 13.0. The fraction of sp³-hybridized carbons (Fsp3) is 0.333. The summed E-state index contributed by atoms with van der Waals surface area (Å²) in [6.07, 6.45) is -0.539. The molecule has 2 aromatic carbocycles. The van der Waals surface area contributed by atoms with Gasteiger partial charge in [0.15, 0.2) is 6.17 Å². The van der Waals surface area contributed by atoms with E-state index in [1.165, 1.54) is 12.5 Å². The van der Waals surface area contributed by atoms with Crippen molar-refractivity contribution in [2.75, 3.05) is 36.0 Å². The zero-order valence-corrected chi connectivity index (χ0v) is 16.2. The van der Waals surface area contributed by atoms with E-state index in [4.69, 9.17) is 11.6 Å². The number of halogens is 1. The molecule has 5 nitrogen and oxygen atoms in total. The molecule has 1 saturated heterocycles. The van der Waals surface area contributed by atoms with Crippen molar-refractivity contribution in [1.29, 1.82) is 0 Å². The maximum atomic E-state index is 13.0. The van der Waals surface area contributed by atoms with Crippen LogP contribution in [0.3, 0.4) is 0 Å². The van der Waals surface area contributed by atoms with Gasteiger partial charge in [-0.25, -0.2) is 0 Å². The van der Waals surface area contributed by atoms with Gasteiger partial charge in [0.25, 0.3) is 0 Å². The molecule has 140 valence electrons. The monoisotopic (exact) mass is 383 g/mol. The highest BCUT2D eigenvalue weighted by Gasteiger charge is 2.43. The number of benzene rings is 2. The second kappa shape index (κ2) is 6.98. The molecule has 2 aliphatic heterocycles. The fourth-order valence-electron chi connectivity index (χ4n) is 4.08. The Bertz CT molecular complexity index is 906. The third-order valence-corrected chi connectivity index (χ3v) is 5.65. The molecule has 0 N–H and O–H groups in total. The highest BCUT2D eigenvalue weighted by molar-refractivity contribution is 6.30. The lowest BCUT2D eigenvalue weighted by molar-refractivity contribution is -0.117. The van der Waals surface area contributed by atoms with Crippen molar-refractivity contribution < 1.29 is 9.59 Å². The number of fused-ring (bicyclic) bond motifs is 1. The summed E-state index contributed by atoms with van der Waals surface area (Å²) in [4.78, 5) is 31.3. The van der Waals surface area contributed by atoms with Crippen LogP contribution in [0.1, 0.15) is 22.8 Å². The summed E-state index contributed by atoms with van der Waals surface area (Å²) in [7, 11) is 0. The lowest BCUT2D eigenvalue weighted by atomic mass is 10.1. The van der Waals surface area contributed by atoms with E-state index in [-0.39, 0.29) is 11.7 Å². The van der Waals surface area contributed by atoms with E-state index in [9.17, 15) is 9.59 Å². The second-order valence-electron chi connectivity index (χ2n) is 7.10. The number of para-hydroxylation sites is 1. The van der Waals surface area contributed by atoms with Gasteiger partial charge in [-0.15, -0.1) is 0 Å². The molecule has 0 unspecified atom stereocenters. The number of nitrogens with zero attached hydrogens (tertiary/aromatic N) is 3. The standard InChI is InChI=1S/C21H22ClN3O2/c1-14-7-8-16(22)13-19(14)23-9-11-24(12-10-23)21-20(27)17-5-3-4-6-18(17)25(21)15(2)26/h3-8,13,21H,9-12H2,1-2H3/t21-/m1/s1. The maximum Gasteiger partial charge on any atom is 0.225 e. The van der Waals surface area contributed by atoms with Gasteiger partial charge < -0.3 is 4.90 Å². The van der Waals surface area contributed by atoms with E-state index in [0.29, 0.717) is 24.3 Å². The van der Waals surface area contributed by atoms with E-state index < -0.39 is 6.17 Å². The summed E-state index contributed by atoms with van der Waals surface area (Å²) >= 11 is 6.17. The highest BCUT2D eigenvalue weighted by atomic mass is 35.5. The zero-order valence-electron chi connectivity index (χ0n) is 15.5. The molecule has 1 amide bonds. The number of hydrogen-bond acceptors (Lipinski definition) is 4. The van der Waals surface area contributed by atoms with Crippen LogP contribution in [0.15, 0.2) is 42.5 Å². The van der Waals surface area contributed by atoms with Crippen LogP contribution in [0.25, 0.3) is 0 Å². The molecule has 0 aliphatic carbocycles. The number of Topliss-reactive ketones (excluding diaryl/α,β-unsaturated/α-hetero) is 1. The lowest BCUT2D eigenvalue weighted by Crippen LogP contribution is -2.58. The van der Waals surface area contributed by atoms with Crippen molar-refractivity contribution >= 4 is 34.7 Å². The van der Waals surface area contributed by atoms with Gasteiger partial charge >= 0.3 is 0 Å². The van der Waals surface area contributed by atoms with Crippen LogP contribution in [-0.2, 0) is 4.79 Å².